The van der Waals surface area contributed by atoms with E-state index in [-0.39, 0.29) is 23.7 Å². The minimum absolute atomic E-state index is 0.0950. The van der Waals surface area contributed by atoms with Crippen molar-refractivity contribution < 1.29 is 14.3 Å². The van der Waals surface area contributed by atoms with Crippen LogP contribution in [0.25, 0.3) is 0 Å². The number of benzene rings is 2. The molecule has 0 radical (unpaired) electrons. The van der Waals surface area contributed by atoms with Crippen LogP contribution >= 0.6 is 11.8 Å². The van der Waals surface area contributed by atoms with E-state index in [1.165, 1.54) is 11.8 Å². The second-order valence-electron chi connectivity index (χ2n) is 7.56. The van der Waals surface area contributed by atoms with Gasteiger partial charge >= 0.3 is 5.97 Å². The summed E-state index contributed by atoms with van der Waals surface area (Å²) < 4.78 is 13.3. The Morgan fingerprint density at radius 3 is 2.45 bits per heavy atom. The lowest BCUT2D eigenvalue weighted by Gasteiger charge is -2.19. The van der Waals surface area contributed by atoms with E-state index in [4.69, 9.17) is 9.47 Å². The third kappa shape index (κ3) is 6.10. The molecule has 0 aliphatic rings. The van der Waals surface area contributed by atoms with Gasteiger partial charge in [0.1, 0.15) is 17.6 Å². The molecule has 0 saturated carbocycles. The van der Waals surface area contributed by atoms with Crippen LogP contribution in [0, 0.1) is 12.8 Å². The zero-order valence-electron chi connectivity index (χ0n) is 18.4. The summed E-state index contributed by atoms with van der Waals surface area (Å²) in [6.07, 6.45) is 0. The quantitative estimate of drug-likeness (QED) is 0.331. The first-order chi connectivity index (χ1) is 15.0. The third-order valence-electron chi connectivity index (χ3n) is 4.78. The summed E-state index contributed by atoms with van der Waals surface area (Å²) in [4.78, 5) is 12.5. The van der Waals surface area contributed by atoms with Crippen molar-refractivity contribution in [3.63, 3.8) is 0 Å². The molecule has 6 nitrogen and oxygen atoms in total. The maximum absolute atomic E-state index is 12.5. The first-order valence-electron chi connectivity index (χ1n) is 10.5. The Hall–Kier alpha value is -2.80. The van der Waals surface area contributed by atoms with Crippen molar-refractivity contribution >= 4 is 17.7 Å². The van der Waals surface area contributed by atoms with Gasteiger partial charge < -0.3 is 9.47 Å². The number of nitrogens with zero attached hydrogens (tertiary/aromatic N) is 3. The molecule has 3 aromatic rings. The van der Waals surface area contributed by atoms with Crippen LogP contribution in [0.15, 0.2) is 59.8 Å². The highest BCUT2D eigenvalue weighted by molar-refractivity contribution is 8.00. The van der Waals surface area contributed by atoms with Crippen molar-refractivity contribution in [2.75, 3.05) is 6.61 Å². The second-order valence-corrected chi connectivity index (χ2v) is 8.67. The van der Waals surface area contributed by atoms with Gasteiger partial charge in [0.15, 0.2) is 11.0 Å². The van der Waals surface area contributed by atoms with E-state index in [1.807, 2.05) is 74.7 Å². The average Bonchev–Trinajstić information content (AvgIpc) is 3.13. The van der Waals surface area contributed by atoms with Crippen molar-refractivity contribution in [2.45, 2.75) is 51.3 Å². The van der Waals surface area contributed by atoms with E-state index in [2.05, 4.69) is 22.3 Å². The van der Waals surface area contributed by atoms with Gasteiger partial charge in [-0.15, -0.1) is 10.2 Å². The molecule has 3 rings (SSSR count). The predicted molar refractivity (Wildman–Crippen MR) is 122 cm³/mol. The Bertz CT molecular complexity index is 989. The highest BCUT2D eigenvalue weighted by atomic mass is 32.2. The van der Waals surface area contributed by atoms with Gasteiger partial charge in [0, 0.05) is 0 Å². The van der Waals surface area contributed by atoms with Crippen molar-refractivity contribution in [3.05, 3.63) is 71.5 Å². The SMILES string of the molecule is CCOC(=O)C(Sc1nnc(COc2ccccc2C)n1Cc1ccccc1)C(C)C. The van der Waals surface area contributed by atoms with Crippen LogP contribution in [-0.4, -0.2) is 32.6 Å². The molecule has 0 bridgehead atoms. The smallest absolute Gasteiger partial charge is 0.319 e. The molecule has 0 aliphatic carbocycles. The fraction of sp³-hybridized carbons (Fsp3) is 0.375. The number of para-hydroxylation sites is 1. The van der Waals surface area contributed by atoms with Crippen LogP contribution < -0.4 is 4.74 Å². The standard InChI is InChI=1S/C24H29N3O3S/c1-5-29-23(28)22(17(2)3)31-24-26-25-21(16-30-20-14-10-9-11-18(20)4)27(24)15-19-12-7-6-8-13-19/h6-14,17,22H,5,15-16H2,1-4H3. The molecule has 1 heterocycles. The molecule has 0 spiro atoms. The third-order valence-corrected chi connectivity index (χ3v) is 6.29. The van der Waals surface area contributed by atoms with Crippen LogP contribution in [0.5, 0.6) is 5.75 Å². The monoisotopic (exact) mass is 439 g/mol. The lowest BCUT2D eigenvalue weighted by atomic mass is 10.1. The summed E-state index contributed by atoms with van der Waals surface area (Å²) in [5.74, 6) is 1.39. The molecule has 0 fully saturated rings. The summed E-state index contributed by atoms with van der Waals surface area (Å²) in [6.45, 7) is 9.09. The van der Waals surface area contributed by atoms with E-state index in [9.17, 15) is 4.79 Å². The van der Waals surface area contributed by atoms with E-state index in [1.54, 1.807) is 0 Å². The molecule has 1 unspecified atom stereocenters. The molecule has 0 saturated heterocycles. The number of carbonyl (C=O) groups excluding carboxylic acids is 1. The van der Waals surface area contributed by atoms with Crippen LogP contribution in [0.2, 0.25) is 0 Å². The fourth-order valence-electron chi connectivity index (χ4n) is 3.09. The number of hydrogen-bond acceptors (Lipinski definition) is 6. The average molecular weight is 440 g/mol. The van der Waals surface area contributed by atoms with Gasteiger partial charge in [-0.3, -0.25) is 9.36 Å². The largest absolute Gasteiger partial charge is 0.485 e. The van der Waals surface area contributed by atoms with E-state index in [0.29, 0.717) is 24.1 Å². The summed E-state index contributed by atoms with van der Waals surface area (Å²) in [5, 5.41) is 9.11. The molecular formula is C24H29N3O3S. The normalized spacial score (nSPS) is 12.0. The minimum Gasteiger partial charge on any atom is -0.485 e. The maximum Gasteiger partial charge on any atom is 0.319 e. The summed E-state index contributed by atoms with van der Waals surface area (Å²) in [6, 6.07) is 18.0. The molecule has 0 N–H and O–H groups in total. The zero-order valence-corrected chi connectivity index (χ0v) is 19.3. The molecule has 164 valence electrons. The molecule has 1 atom stereocenters. The Labute approximate surface area is 188 Å². The Morgan fingerprint density at radius 2 is 1.77 bits per heavy atom. The molecule has 0 aliphatic heterocycles. The number of hydrogen-bond donors (Lipinski definition) is 0. The lowest BCUT2D eigenvalue weighted by Crippen LogP contribution is -2.26. The van der Waals surface area contributed by atoms with Gasteiger partial charge in [-0.25, -0.2) is 0 Å². The highest BCUT2D eigenvalue weighted by Gasteiger charge is 2.28. The number of aromatic nitrogens is 3. The lowest BCUT2D eigenvalue weighted by molar-refractivity contribution is -0.143. The van der Waals surface area contributed by atoms with Crippen LogP contribution in [0.1, 0.15) is 37.7 Å². The van der Waals surface area contributed by atoms with Gasteiger partial charge in [0.2, 0.25) is 0 Å². The predicted octanol–water partition coefficient (Wildman–Crippen LogP) is 4.89. The Kier molecular flexibility index (Phi) is 8.12. The van der Waals surface area contributed by atoms with Gasteiger partial charge in [-0.05, 0) is 37.0 Å². The van der Waals surface area contributed by atoms with E-state index in [0.717, 1.165) is 16.9 Å². The van der Waals surface area contributed by atoms with E-state index >= 15 is 0 Å². The number of rotatable bonds is 10. The van der Waals surface area contributed by atoms with E-state index < -0.39 is 0 Å². The number of esters is 1. The first kappa shape index (κ1) is 22.9. The topological polar surface area (TPSA) is 66.2 Å². The molecular weight excluding hydrogens is 410 g/mol. The van der Waals surface area contributed by atoms with Gasteiger partial charge in [-0.2, -0.15) is 0 Å². The van der Waals surface area contributed by atoms with Crippen molar-refractivity contribution in [1.29, 1.82) is 0 Å². The highest BCUT2D eigenvalue weighted by Crippen LogP contribution is 2.29. The molecule has 0 amide bonds. The van der Waals surface area contributed by atoms with Crippen molar-refractivity contribution in [2.24, 2.45) is 5.92 Å². The molecule has 7 heteroatoms. The van der Waals surface area contributed by atoms with Crippen molar-refractivity contribution in [3.8, 4) is 5.75 Å². The Morgan fingerprint density at radius 1 is 1.06 bits per heavy atom. The Balaban J connectivity index is 1.87. The van der Waals surface area contributed by atoms with Gasteiger partial charge in [-0.1, -0.05) is 74.1 Å². The molecule has 1 aromatic heterocycles. The minimum atomic E-state index is -0.358. The van der Waals surface area contributed by atoms with Gasteiger partial charge in [0.05, 0.1) is 13.2 Å². The van der Waals surface area contributed by atoms with Crippen LogP contribution in [-0.2, 0) is 22.7 Å². The number of ether oxygens (including phenoxy) is 2. The molecule has 2 aromatic carbocycles. The van der Waals surface area contributed by atoms with Crippen LogP contribution in [0.3, 0.4) is 0 Å². The van der Waals surface area contributed by atoms with Crippen LogP contribution in [0.4, 0.5) is 0 Å². The van der Waals surface area contributed by atoms with Gasteiger partial charge in [0.25, 0.3) is 0 Å². The zero-order chi connectivity index (χ0) is 22.2. The molecule has 31 heavy (non-hydrogen) atoms. The summed E-state index contributed by atoms with van der Waals surface area (Å²) in [7, 11) is 0. The summed E-state index contributed by atoms with van der Waals surface area (Å²) >= 11 is 1.40. The fourth-order valence-corrected chi connectivity index (χ4v) is 4.14. The second kappa shape index (κ2) is 11.0. The first-order valence-corrected chi connectivity index (χ1v) is 11.3. The summed E-state index contributed by atoms with van der Waals surface area (Å²) in [5.41, 5.74) is 2.19. The number of thioether (sulfide) groups is 1. The number of carbonyl (C=O) groups is 1. The maximum atomic E-state index is 12.5. The number of aryl methyl sites for hydroxylation is 1. The van der Waals surface area contributed by atoms with Crippen molar-refractivity contribution in [1.82, 2.24) is 14.8 Å².